The molecule has 0 spiro atoms. The SMILES string of the molecule is CCCSc1nnc(-c2c(C(C)(C)C)cc(O)cc2C(C)(C)C)o1. The molecule has 1 aromatic heterocycles. The fraction of sp³-hybridized carbons (Fsp3) is 0.579. The summed E-state index contributed by atoms with van der Waals surface area (Å²) in [5, 5.41) is 19.3. The Bertz CT molecular complexity index is 674. The van der Waals surface area contributed by atoms with E-state index in [9.17, 15) is 5.11 Å². The lowest BCUT2D eigenvalue weighted by Gasteiger charge is -2.28. The average molecular weight is 349 g/mol. The molecular formula is C19H28N2O2S. The maximum atomic E-state index is 10.2. The Morgan fingerprint density at radius 3 is 2.00 bits per heavy atom. The first kappa shape index (κ1) is 18.8. The molecule has 0 radical (unpaired) electrons. The fourth-order valence-electron chi connectivity index (χ4n) is 2.60. The van der Waals surface area contributed by atoms with Gasteiger partial charge in [-0.15, -0.1) is 10.2 Å². The van der Waals surface area contributed by atoms with Crippen LogP contribution in [0.25, 0.3) is 11.5 Å². The number of phenolic OH excluding ortho intramolecular Hbond substituents is 1. The van der Waals surface area contributed by atoms with Crippen LogP contribution in [-0.4, -0.2) is 21.1 Å². The third-order valence-electron chi connectivity index (χ3n) is 3.79. The van der Waals surface area contributed by atoms with Crippen LogP contribution >= 0.6 is 11.8 Å². The van der Waals surface area contributed by atoms with Crippen molar-refractivity contribution in [1.29, 1.82) is 0 Å². The van der Waals surface area contributed by atoms with Gasteiger partial charge in [-0.2, -0.15) is 0 Å². The van der Waals surface area contributed by atoms with Gasteiger partial charge in [-0.05, 0) is 40.5 Å². The van der Waals surface area contributed by atoms with Crippen molar-refractivity contribution in [3.63, 3.8) is 0 Å². The number of thioether (sulfide) groups is 1. The first-order valence-corrected chi connectivity index (χ1v) is 9.37. The van der Waals surface area contributed by atoms with E-state index in [0.29, 0.717) is 11.1 Å². The van der Waals surface area contributed by atoms with Gasteiger partial charge in [0.05, 0.1) is 0 Å². The summed E-state index contributed by atoms with van der Waals surface area (Å²) in [6.45, 7) is 14.9. The summed E-state index contributed by atoms with van der Waals surface area (Å²) in [5.41, 5.74) is 2.67. The summed E-state index contributed by atoms with van der Waals surface area (Å²) >= 11 is 1.58. The van der Waals surface area contributed by atoms with Crippen molar-refractivity contribution >= 4 is 11.8 Å². The smallest absolute Gasteiger partial charge is 0.276 e. The van der Waals surface area contributed by atoms with Crippen LogP contribution in [0.3, 0.4) is 0 Å². The summed E-state index contributed by atoms with van der Waals surface area (Å²) in [7, 11) is 0. The molecule has 0 amide bonds. The van der Waals surface area contributed by atoms with Crippen molar-refractivity contribution in [1.82, 2.24) is 10.2 Å². The van der Waals surface area contributed by atoms with Gasteiger partial charge in [0, 0.05) is 11.3 Å². The molecule has 2 rings (SSSR count). The molecule has 0 saturated heterocycles. The highest BCUT2D eigenvalue weighted by atomic mass is 32.2. The van der Waals surface area contributed by atoms with E-state index in [2.05, 4.69) is 58.7 Å². The molecule has 0 fully saturated rings. The Balaban J connectivity index is 2.68. The van der Waals surface area contributed by atoms with Crippen LogP contribution in [0.4, 0.5) is 0 Å². The Labute approximate surface area is 149 Å². The van der Waals surface area contributed by atoms with Crippen molar-refractivity contribution in [3.8, 4) is 17.2 Å². The molecule has 5 heteroatoms. The molecule has 0 saturated carbocycles. The van der Waals surface area contributed by atoms with Crippen molar-refractivity contribution in [2.45, 2.75) is 70.9 Å². The van der Waals surface area contributed by atoms with E-state index in [1.165, 1.54) is 0 Å². The van der Waals surface area contributed by atoms with E-state index < -0.39 is 0 Å². The second-order valence-corrected chi connectivity index (χ2v) is 9.18. The quantitative estimate of drug-likeness (QED) is 0.735. The minimum Gasteiger partial charge on any atom is -0.508 e. The highest BCUT2D eigenvalue weighted by molar-refractivity contribution is 7.99. The number of hydrogen-bond donors (Lipinski definition) is 1. The largest absolute Gasteiger partial charge is 0.508 e. The minimum atomic E-state index is -0.154. The van der Waals surface area contributed by atoms with Gasteiger partial charge in [0.1, 0.15) is 5.75 Å². The number of aromatic hydroxyl groups is 1. The maximum absolute atomic E-state index is 10.2. The molecule has 132 valence electrons. The van der Waals surface area contributed by atoms with Crippen LogP contribution in [0.5, 0.6) is 5.75 Å². The van der Waals surface area contributed by atoms with E-state index in [1.54, 1.807) is 11.8 Å². The zero-order valence-corrected chi connectivity index (χ0v) is 16.5. The predicted octanol–water partition coefficient (Wildman–Crippen LogP) is 5.54. The predicted molar refractivity (Wildman–Crippen MR) is 99.8 cm³/mol. The van der Waals surface area contributed by atoms with Gasteiger partial charge in [0.25, 0.3) is 5.22 Å². The molecule has 0 aliphatic heterocycles. The van der Waals surface area contributed by atoms with E-state index in [4.69, 9.17) is 4.42 Å². The van der Waals surface area contributed by atoms with Crippen molar-refractivity contribution in [2.75, 3.05) is 5.75 Å². The van der Waals surface area contributed by atoms with Gasteiger partial charge < -0.3 is 9.52 Å². The maximum Gasteiger partial charge on any atom is 0.276 e. The third-order valence-corrected chi connectivity index (χ3v) is 4.81. The molecular weight excluding hydrogens is 320 g/mol. The molecule has 0 bridgehead atoms. The lowest BCUT2D eigenvalue weighted by atomic mass is 9.76. The van der Waals surface area contributed by atoms with Crippen LogP contribution in [0.2, 0.25) is 0 Å². The van der Waals surface area contributed by atoms with Crippen LogP contribution in [0, 0.1) is 0 Å². The first-order valence-electron chi connectivity index (χ1n) is 8.38. The molecule has 1 heterocycles. The molecule has 0 aliphatic carbocycles. The average Bonchev–Trinajstić information content (AvgIpc) is 2.90. The van der Waals surface area contributed by atoms with Crippen LogP contribution in [0.15, 0.2) is 21.8 Å². The fourth-order valence-corrected chi connectivity index (χ4v) is 3.21. The Hall–Kier alpha value is -1.49. The molecule has 1 aromatic carbocycles. The molecule has 0 aliphatic rings. The van der Waals surface area contributed by atoms with Gasteiger partial charge >= 0.3 is 0 Å². The highest BCUT2D eigenvalue weighted by Gasteiger charge is 2.30. The zero-order chi connectivity index (χ0) is 18.1. The molecule has 4 nitrogen and oxygen atoms in total. The van der Waals surface area contributed by atoms with Gasteiger partial charge in [-0.3, -0.25) is 0 Å². The second kappa shape index (κ2) is 6.79. The van der Waals surface area contributed by atoms with Crippen molar-refractivity contribution in [3.05, 3.63) is 23.3 Å². The Morgan fingerprint density at radius 1 is 1.00 bits per heavy atom. The molecule has 2 aromatic rings. The topological polar surface area (TPSA) is 59.2 Å². The summed E-state index contributed by atoms with van der Waals surface area (Å²) in [4.78, 5) is 0. The van der Waals surface area contributed by atoms with Gasteiger partial charge in [0.2, 0.25) is 5.89 Å². The van der Waals surface area contributed by atoms with Crippen LogP contribution in [0.1, 0.15) is 66.0 Å². The third kappa shape index (κ3) is 4.12. The number of nitrogens with zero attached hydrogens (tertiary/aromatic N) is 2. The van der Waals surface area contributed by atoms with E-state index >= 15 is 0 Å². The van der Waals surface area contributed by atoms with Crippen LogP contribution in [-0.2, 0) is 10.8 Å². The van der Waals surface area contributed by atoms with E-state index in [1.807, 2.05) is 12.1 Å². The molecule has 1 N–H and O–H groups in total. The highest BCUT2D eigenvalue weighted by Crippen LogP contribution is 2.42. The monoisotopic (exact) mass is 348 g/mol. The molecule has 0 unspecified atom stereocenters. The first-order chi connectivity index (χ1) is 11.0. The molecule has 0 atom stereocenters. The minimum absolute atomic E-state index is 0.154. The number of hydrogen-bond acceptors (Lipinski definition) is 5. The van der Waals surface area contributed by atoms with Gasteiger partial charge in [-0.25, -0.2) is 0 Å². The standard InChI is InChI=1S/C19H28N2O2S/c1-8-9-24-17-21-20-16(23-17)15-13(18(2,3)4)10-12(22)11-14(15)19(5,6)7/h10-11,22H,8-9H2,1-7H3. The number of rotatable bonds is 4. The summed E-state index contributed by atoms with van der Waals surface area (Å²) in [5.74, 6) is 1.76. The van der Waals surface area contributed by atoms with Crippen molar-refractivity contribution < 1.29 is 9.52 Å². The summed E-state index contributed by atoms with van der Waals surface area (Å²) in [6.07, 6.45) is 1.06. The normalized spacial score (nSPS) is 12.6. The summed E-state index contributed by atoms with van der Waals surface area (Å²) in [6, 6.07) is 3.63. The lowest BCUT2D eigenvalue weighted by molar-refractivity contribution is 0.455. The van der Waals surface area contributed by atoms with Gasteiger partial charge in [-0.1, -0.05) is 60.2 Å². The van der Waals surface area contributed by atoms with E-state index in [-0.39, 0.29) is 16.6 Å². The van der Waals surface area contributed by atoms with Gasteiger partial charge in [0.15, 0.2) is 0 Å². The zero-order valence-electron chi connectivity index (χ0n) is 15.7. The summed E-state index contributed by atoms with van der Waals surface area (Å²) < 4.78 is 5.94. The number of phenols is 1. The molecule has 24 heavy (non-hydrogen) atoms. The number of aromatic nitrogens is 2. The van der Waals surface area contributed by atoms with E-state index in [0.717, 1.165) is 28.9 Å². The number of benzene rings is 1. The Kier molecular flexibility index (Phi) is 5.33. The Morgan fingerprint density at radius 2 is 1.54 bits per heavy atom. The second-order valence-electron chi connectivity index (χ2n) is 8.14. The van der Waals surface area contributed by atoms with Crippen LogP contribution < -0.4 is 0 Å². The lowest BCUT2D eigenvalue weighted by Crippen LogP contribution is -2.19. The van der Waals surface area contributed by atoms with Crippen molar-refractivity contribution in [2.24, 2.45) is 0 Å².